The van der Waals surface area contributed by atoms with E-state index in [4.69, 9.17) is 4.74 Å². The third-order valence-corrected chi connectivity index (χ3v) is 4.52. The first-order chi connectivity index (χ1) is 14.1. The Bertz CT molecular complexity index is 1010. The zero-order valence-corrected chi connectivity index (χ0v) is 16.3. The molecule has 1 saturated carbocycles. The van der Waals surface area contributed by atoms with Gasteiger partial charge in [0.15, 0.2) is 11.5 Å². The van der Waals surface area contributed by atoms with Gasteiger partial charge in [-0.15, -0.1) is 0 Å². The van der Waals surface area contributed by atoms with E-state index >= 15 is 0 Å². The number of hydrogen-bond donors (Lipinski definition) is 3. The van der Waals surface area contributed by atoms with Crippen LogP contribution in [-0.2, 0) is 0 Å². The molecule has 0 spiro atoms. The molecule has 0 aromatic carbocycles. The molecule has 0 unspecified atom stereocenters. The zero-order valence-electron chi connectivity index (χ0n) is 16.3. The largest absolute Gasteiger partial charge is 0.480 e. The number of pyridine rings is 1. The number of amides is 1. The van der Waals surface area contributed by atoms with Crippen molar-refractivity contribution in [3.63, 3.8) is 0 Å². The van der Waals surface area contributed by atoms with E-state index in [1.165, 1.54) is 0 Å². The van der Waals surface area contributed by atoms with E-state index in [0.29, 0.717) is 29.9 Å². The number of aromatic nitrogens is 5. The van der Waals surface area contributed by atoms with Gasteiger partial charge in [-0.2, -0.15) is 4.98 Å². The summed E-state index contributed by atoms with van der Waals surface area (Å²) in [6, 6.07) is 4.03. The summed E-state index contributed by atoms with van der Waals surface area (Å²) in [5, 5.41) is 6.18. The van der Waals surface area contributed by atoms with Crippen molar-refractivity contribution in [1.82, 2.24) is 30.2 Å². The minimum atomic E-state index is -0.264. The van der Waals surface area contributed by atoms with Gasteiger partial charge in [0.1, 0.15) is 0 Å². The SMILES string of the molecule is COc1nc(NC2CC2)ncc1/C=C/C[C@H](C)NC(=O)c1nc2ncccc2[nH]1. The summed E-state index contributed by atoms with van der Waals surface area (Å²) < 4.78 is 5.37. The number of methoxy groups -OCH3 is 1. The lowest BCUT2D eigenvalue weighted by molar-refractivity contribution is 0.0931. The number of aromatic amines is 1. The monoisotopic (exact) mass is 393 g/mol. The van der Waals surface area contributed by atoms with E-state index < -0.39 is 0 Å². The van der Waals surface area contributed by atoms with Gasteiger partial charge in [-0.05, 0) is 38.3 Å². The molecule has 150 valence electrons. The van der Waals surface area contributed by atoms with Crippen LogP contribution in [0.25, 0.3) is 17.2 Å². The van der Waals surface area contributed by atoms with Gasteiger partial charge in [0.05, 0.1) is 18.2 Å². The third kappa shape index (κ3) is 4.68. The van der Waals surface area contributed by atoms with E-state index in [2.05, 4.69) is 35.6 Å². The Balaban J connectivity index is 1.34. The van der Waals surface area contributed by atoms with Crippen LogP contribution in [0.15, 0.2) is 30.6 Å². The van der Waals surface area contributed by atoms with Crippen molar-refractivity contribution < 1.29 is 9.53 Å². The Morgan fingerprint density at radius 3 is 3.00 bits per heavy atom. The fourth-order valence-corrected chi connectivity index (χ4v) is 2.84. The van der Waals surface area contributed by atoms with Crippen LogP contribution < -0.4 is 15.4 Å². The fourth-order valence-electron chi connectivity index (χ4n) is 2.84. The predicted octanol–water partition coefficient (Wildman–Crippen LogP) is 2.55. The van der Waals surface area contributed by atoms with Crippen molar-refractivity contribution >= 4 is 29.1 Å². The predicted molar refractivity (Wildman–Crippen MR) is 110 cm³/mol. The van der Waals surface area contributed by atoms with Crippen LogP contribution in [-0.4, -0.2) is 50.0 Å². The lowest BCUT2D eigenvalue weighted by Crippen LogP contribution is -2.32. The first-order valence-electron chi connectivity index (χ1n) is 9.58. The molecule has 29 heavy (non-hydrogen) atoms. The van der Waals surface area contributed by atoms with Gasteiger partial charge in [0.25, 0.3) is 5.91 Å². The second-order valence-corrected chi connectivity index (χ2v) is 7.05. The first-order valence-corrected chi connectivity index (χ1v) is 9.58. The van der Waals surface area contributed by atoms with Crippen LogP contribution in [0.4, 0.5) is 5.95 Å². The molecule has 1 atom stereocenters. The van der Waals surface area contributed by atoms with Gasteiger partial charge in [0.2, 0.25) is 11.8 Å². The van der Waals surface area contributed by atoms with Gasteiger partial charge in [-0.3, -0.25) is 4.79 Å². The quantitative estimate of drug-likeness (QED) is 0.538. The van der Waals surface area contributed by atoms with E-state index in [-0.39, 0.29) is 17.8 Å². The number of hydrogen-bond acceptors (Lipinski definition) is 7. The van der Waals surface area contributed by atoms with Crippen molar-refractivity contribution in [3.05, 3.63) is 42.0 Å². The number of carbonyl (C=O) groups excluding carboxylic acids is 1. The molecule has 9 nitrogen and oxygen atoms in total. The standard InChI is InChI=1S/C20H23N7O2/c1-12(23-18(28)17-25-15-7-4-10-21-16(15)26-17)5-3-6-13-11-22-20(24-14-8-9-14)27-19(13)29-2/h3-4,6-7,10-12,14H,5,8-9H2,1-2H3,(H,23,28)(H,21,25,26)(H,22,24,27)/b6-3+/t12-/m0/s1. The summed E-state index contributed by atoms with van der Waals surface area (Å²) in [6.45, 7) is 1.93. The van der Waals surface area contributed by atoms with Crippen LogP contribution >= 0.6 is 0 Å². The molecule has 3 aromatic heterocycles. The molecule has 1 aliphatic carbocycles. The number of imidazole rings is 1. The summed E-state index contributed by atoms with van der Waals surface area (Å²) in [6.07, 6.45) is 10.2. The topological polar surface area (TPSA) is 118 Å². The van der Waals surface area contributed by atoms with Crippen LogP contribution in [0, 0.1) is 0 Å². The number of carbonyl (C=O) groups is 1. The highest BCUT2D eigenvalue weighted by atomic mass is 16.5. The number of ether oxygens (including phenoxy) is 1. The fraction of sp³-hybridized carbons (Fsp3) is 0.350. The molecular weight excluding hydrogens is 370 g/mol. The molecular formula is C20H23N7O2. The maximum Gasteiger partial charge on any atom is 0.287 e. The first kappa shape index (κ1) is 18.9. The number of rotatable bonds is 8. The number of H-pyrrole nitrogens is 1. The van der Waals surface area contributed by atoms with E-state index in [0.717, 1.165) is 23.9 Å². The highest BCUT2D eigenvalue weighted by molar-refractivity contribution is 5.93. The zero-order chi connectivity index (χ0) is 20.2. The Morgan fingerprint density at radius 1 is 1.38 bits per heavy atom. The number of nitrogens with one attached hydrogen (secondary N) is 3. The minimum Gasteiger partial charge on any atom is -0.480 e. The second kappa shape index (κ2) is 8.26. The maximum atomic E-state index is 12.4. The molecule has 0 aliphatic heterocycles. The lowest BCUT2D eigenvalue weighted by atomic mass is 10.2. The van der Waals surface area contributed by atoms with Crippen LogP contribution in [0.2, 0.25) is 0 Å². The van der Waals surface area contributed by atoms with Crippen LogP contribution in [0.5, 0.6) is 5.88 Å². The normalized spacial score (nSPS) is 14.8. The van der Waals surface area contributed by atoms with Gasteiger partial charge >= 0.3 is 0 Å². The highest BCUT2D eigenvalue weighted by Gasteiger charge is 2.22. The van der Waals surface area contributed by atoms with Gasteiger partial charge in [-0.1, -0.05) is 12.2 Å². The summed E-state index contributed by atoms with van der Waals surface area (Å²) in [4.78, 5) is 32.4. The van der Waals surface area contributed by atoms with Crippen LogP contribution in [0.1, 0.15) is 42.4 Å². The van der Waals surface area contributed by atoms with Gasteiger partial charge in [-0.25, -0.2) is 15.0 Å². The van der Waals surface area contributed by atoms with E-state index in [9.17, 15) is 4.79 Å². The molecule has 0 bridgehead atoms. The van der Waals surface area contributed by atoms with E-state index in [1.807, 2.05) is 25.1 Å². The summed E-state index contributed by atoms with van der Waals surface area (Å²) in [5.74, 6) is 1.09. The van der Waals surface area contributed by atoms with Gasteiger partial charge in [0, 0.05) is 24.5 Å². The lowest BCUT2D eigenvalue weighted by Gasteiger charge is -2.10. The van der Waals surface area contributed by atoms with Crippen LogP contribution in [0.3, 0.4) is 0 Å². The molecule has 4 rings (SSSR count). The maximum absolute atomic E-state index is 12.4. The average Bonchev–Trinajstić information content (AvgIpc) is 3.42. The molecule has 3 aromatic rings. The summed E-state index contributed by atoms with van der Waals surface area (Å²) in [5.41, 5.74) is 2.05. The third-order valence-electron chi connectivity index (χ3n) is 4.52. The van der Waals surface area contributed by atoms with E-state index in [1.54, 1.807) is 25.6 Å². The Morgan fingerprint density at radius 2 is 2.24 bits per heavy atom. The van der Waals surface area contributed by atoms with Crippen molar-refractivity contribution in [2.75, 3.05) is 12.4 Å². The Kier molecular flexibility index (Phi) is 5.37. The van der Waals surface area contributed by atoms with Crippen molar-refractivity contribution in [3.8, 4) is 5.88 Å². The molecule has 9 heteroatoms. The number of nitrogens with zero attached hydrogens (tertiary/aromatic N) is 4. The molecule has 1 aliphatic rings. The second-order valence-electron chi connectivity index (χ2n) is 7.05. The Hall–Kier alpha value is -3.49. The molecule has 1 amide bonds. The molecule has 3 heterocycles. The van der Waals surface area contributed by atoms with Crippen molar-refractivity contribution in [1.29, 1.82) is 0 Å². The highest BCUT2D eigenvalue weighted by Crippen LogP contribution is 2.25. The minimum absolute atomic E-state index is 0.0809. The number of fused-ring (bicyclic) bond motifs is 1. The molecule has 0 saturated heterocycles. The Labute approximate surface area is 168 Å². The summed E-state index contributed by atoms with van der Waals surface area (Å²) >= 11 is 0. The van der Waals surface area contributed by atoms with Gasteiger partial charge < -0.3 is 20.4 Å². The smallest absolute Gasteiger partial charge is 0.287 e. The van der Waals surface area contributed by atoms with Crippen molar-refractivity contribution in [2.24, 2.45) is 0 Å². The molecule has 0 radical (unpaired) electrons. The molecule has 1 fully saturated rings. The summed E-state index contributed by atoms with van der Waals surface area (Å²) in [7, 11) is 1.59. The number of anilines is 1. The van der Waals surface area contributed by atoms with Crippen molar-refractivity contribution in [2.45, 2.75) is 38.3 Å². The molecule has 3 N–H and O–H groups in total. The average molecular weight is 393 g/mol.